The SMILES string of the molecule is c1cc(-c2ccccc2N(c2cccc3c2oc2ccccc23)c2cccc3oc4ccccc4c23)cc(-c2cccc3ccccc23)c1. The number of fused-ring (bicyclic) bond motifs is 7. The van der Waals surface area contributed by atoms with Gasteiger partial charge in [-0.2, -0.15) is 0 Å². The van der Waals surface area contributed by atoms with Gasteiger partial charge in [0.25, 0.3) is 0 Å². The van der Waals surface area contributed by atoms with Gasteiger partial charge < -0.3 is 13.7 Å². The molecule has 2 heterocycles. The van der Waals surface area contributed by atoms with Crippen LogP contribution >= 0.6 is 0 Å². The van der Waals surface area contributed by atoms with Crippen molar-refractivity contribution in [2.24, 2.45) is 0 Å². The van der Waals surface area contributed by atoms with E-state index in [0.29, 0.717) is 0 Å². The number of hydrogen-bond acceptors (Lipinski definition) is 3. The summed E-state index contributed by atoms with van der Waals surface area (Å²) in [5.41, 5.74) is 11.1. The molecule has 0 aliphatic carbocycles. The summed E-state index contributed by atoms with van der Waals surface area (Å²) in [6, 6.07) is 62.0. The lowest BCUT2D eigenvalue weighted by Crippen LogP contribution is -2.12. The third kappa shape index (κ3) is 4.37. The Hall–Kier alpha value is -6.58. The number of para-hydroxylation sites is 4. The van der Waals surface area contributed by atoms with Crippen LogP contribution in [0.2, 0.25) is 0 Å². The molecule has 0 fully saturated rings. The van der Waals surface area contributed by atoms with E-state index in [1.807, 2.05) is 24.3 Å². The summed E-state index contributed by atoms with van der Waals surface area (Å²) in [4.78, 5) is 2.36. The first kappa shape index (κ1) is 27.5. The zero-order valence-corrected chi connectivity index (χ0v) is 26.5. The predicted octanol–water partition coefficient (Wildman–Crippen LogP) is 13.4. The third-order valence-corrected chi connectivity index (χ3v) is 9.67. The Morgan fingerprint density at radius 2 is 0.898 bits per heavy atom. The lowest BCUT2D eigenvalue weighted by Gasteiger charge is -2.28. The van der Waals surface area contributed by atoms with Crippen LogP contribution in [0, 0.1) is 0 Å². The molecule has 49 heavy (non-hydrogen) atoms. The molecule has 0 radical (unpaired) electrons. The fraction of sp³-hybridized carbons (Fsp3) is 0. The van der Waals surface area contributed by atoms with E-state index in [9.17, 15) is 0 Å². The second-order valence-corrected chi connectivity index (χ2v) is 12.5. The molecule has 8 aromatic carbocycles. The van der Waals surface area contributed by atoms with Crippen LogP contribution in [0.5, 0.6) is 0 Å². The summed E-state index contributed by atoms with van der Waals surface area (Å²) in [5.74, 6) is 0. The quantitative estimate of drug-likeness (QED) is 0.190. The predicted molar refractivity (Wildman–Crippen MR) is 204 cm³/mol. The minimum Gasteiger partial charge on any atom is -0.456 e. The highest BCUT2D eigenvalue weighted by atomic mass is 16.3. The van der Waals surface area contributed by atoms with Crippen molar-refractivity contribution < 1.29 is 8.83 Å². The molecule has 0 atom stereocenters. The maximum Gasteiger partial charge on any atom is 0.159 e. The van der Waals surface area contributed by atoms with Gasteiger partial charge in [-0.05, 0) is 69.9 Å². The molecule has 0 aliphatic rings. The Kier molecular flexibility index (Phi) is 6.18. The van der Waals surface area contributed by atoms with E-state index in [2.05, 4.69) is 157 Å². The smallest absolute Gasteiger partial charge is 0.159 e. The van der Waals surface area contributed by atoms with Gasteiger partial charge in [0.2, 0.25) is 0 Å². The van der Waals surface area contributed by atoms with Crippen molar-refractivity contribution in [2.45, 2.75) is 0 Å². The highest BCUT2D eigenvalue weighted by Crippen LogP contribution is 2.49. The van der Waals surface area contributed by atoms with Crippen LogP contribution in [-0.4, -0.2) is 0 Å². The number of benzene rings is 8. The normalized spacial score (nSPS) is 11.7. The second kappa shape index (κ2) is 11.0. The molecule has 0 saturated heterocycles. The molecule has 0 unspecified atom stereocenters. The molecular formula is C46H29NO2. The zero-order valence-electron chi connectivity index (χ0n) is 26.5. The molecule has 0 aliphatic heterocycles. The summed E-state index contributed by atoms with van der Waals surface area (Å²) in [6.45, 7) is 0. The second-order valence-electron chi connectivity index (χ2n) is 12.5. The lowest BCUT2D eigenvalue weighted by molar-refractivity contribution is 0.668. The van der Waals surface area contributed by atoms with E-state index in [1.165, 1.54) is 21.9 Å². The molecule has 3 heteroatoms. The lowest BCUT2D eigenvalue weighted by atomic mass is 9.94. The van der Waals surface area contributed by atoms with Crippen LogP contribution in [0.1, 0.15) is 0 Å². The molecule has 0 bridgehead atoms. The molecule has 10 rings (SSSR count). The largest absolute Gasteiger partial charge is 0.456 e. The summed E-state index contributed by atoms with van der Waals surface area (Å²) < 4.78 is 13.1. The number of nitrogens with zero attached hydrogens (tertiary/aromatic N) is 1. The number of furan rings is 2. The van der Waals surface area contributed by atoms with Crippen molar-refractivity contribution in [3.05, 3.63) is 176 Å². The van der Waals surface area contributed by atoms with Gasteiger partial charge in [-0.1, -0.05) is 133 Å². The van der Waals surface area contributed by atoms with E-state index in [0.717, 1.165) is 72.1 Å². The number of hydrogen-bond donors (Lipinski definition) is 0. The first-order valence-electron chi connectivity index (χ1n) is 16.6. The Bertz CT molecular complexity index is 2850. The third-order valence-electron chi connectivity index (χ3n) is 9.67. The topological polar surface area (TPSA) is 29.5 Å². The van der Waals surface area contributed by atoms with Gasteiger partial charge in [-0.25, -0.2) is 0 Å². The Balaban J connectivity index is 1.26. The van der Waals surface area contributed by atoms with Crippen LogP contribution < -0.4 is 4.90 Å². The number of anilines is 3. The number of rotatable bonds is 5. The molecule has 0 saturated carbocycles. The van der Waals surface area contributed by atoms with Gasteiger partial charge >= 0.3 is 0 Å². The van der Waals surface area contributed by atoms with Crippen molar-refractivity contribution in [3.8, 4) is 22.3 Å². The zero-order chi connectivity index (χ0) is 32.3. The van der Waals surface area contributed by atoms with Crippen molar-refractivity contribution in [1.82, 2.24) is 0 Å². The van der Waals surface area contributed by atoms with Gasteiger partial charge in [0, 0.05) is 21.7 Å². The molecule has 2 aromatic heterocycles. The van der Waals surface area contributed by atoms with Gasteiger partial charge in [-0.3, -0.25) is 0 Å². The average Bonchev–Trinajstić information content (AvgIpc) is 3.75. The Labute approximate surface area is 282 Å². The van der Waals surface area contributed by atoms with Crippen LogP contribution in [0.3, 0.4) is 0 Å². The summed E-state index contributed by atoms with van der Waals surface area (Å²) in [7, 11) is 0. The highest BCUT2D eigenvalue weighted by Gasteiger charge is 2.25. The summed E-state index contributed by atoms with van der Waals surface area (Å²) in [6.07, 6.45) is 0. The summed E-state index contributed by atoms with van der Waals surface area (Å²) >= 11 is 0. The molecule has 10 aromatic rings. The van der Waals surface area contributed by atoms with Crippen LogP contribution in [0.15, 0.2) is 185 Å². The molecule has 3 nitrogen and oxygen atoms in total. The average molecular weight is 628 g/mol. The van der Waals surface area contributed by atoms with E-state index in [1.54, 1.807) is 0 Å². The van der Waals surface area contributed by atoms with Crippen molar-refractivity contribution in [3.63, 3.8) is 0 Å². The van der Waals surface area contributed by atoms with E-state index < -0.39 is 0 Å². The summed E-state index contributed by atoms with van der Waals surface area (Å²) in [5, 5.41) is 6.79. The molecule has 0 N–H and O–H groups in total. The van der Waals surface area contributed by atoms with Crippen LogP contribution in [-0.2, 0) is 0 Å². The standard InChI is InChI=1S/C46H29NO2/c1-2-17-33-30(13-1)14-10-21-34(33)31-15-9-16-32(29-31)35-18-3-6-23-39(35)47(40-24-12-28-44-45(40)38-20-5-8-27-43(38)48-44)41-25-11-22-37-36-19-4-7-26-42(36)49-46(37)41/h1-29H. The van der Waals surface area contributed by atoms with Gasteiger partial charge in [0.1, 0.15) is 16.7 Å². The highest BCUT2D eigenvalue weighted by molar-refractivity contribution is 6.16. The molecular weight excluding hydrogens is 599 g/mol. The minimum absolute atomic E-state index is 0.841. The van der Waals surface area contributed by atoms with Crippen molar-refractivity contribution in [2.75, 3.05) is 4.90 Å². The van der Waals surface area contributed by atoms with E-state index in [-0.39, 0.29) is 0 Å². The minimum atomic E-state index is 0.841. The van der Waals surface area contributed by atoms with E-state index in [4.69, 9.17) is 8.83 Å². The Morgan fingerprint density at radius 3 is 1.80 bits per heavy atom. The monoisotopic (exact) mass is 627 g/mol. The molecule has 0 amide bonds. The first-order chi connectivity index (χ1) is 24.3. The van der Waals surface area contributed by atoms with Crippen molar-refractivity contribution in [1.29, 1.82) is 0 Å². The Morgan fingerprint density at radius 1 is 0.347 bits per heavy atom. The molecule has 0 spiro atoms. The fourth-order valence-electron chi connectivity index (χ4n) is 7.48. The van der Waals surface area contributed by atoms with Gasteiger partial charge in [0.15, 0.2) is 5.58 Å². The van der Waals surface area contributed by atoms with Gasteiger partial charge in [-0.15, -0.1) is 0 Å². The van der Waals surface area contributed by atoms with Gasteiger partial charge in [0.05, 0.1) is 22.4 Å². The molecule has 230 valence electrons. The van der Waals surface area contributed by atoms with E-state index >= 15 is 0 Å². The van der Waals surface area contributed by atoms with Crippen LogP contribution in [0.25, 0.3) is 76.9 Å². The maximum absolute atomic E-state index is 6.69. The van der Waals surface area contributed by atoms with Crippen LogP contribution in [0.4, 0.5) is 17.1 Å². The first-order valence-corrected chi connectivity index (χ1v) is 16.6. The maximum atomic E-state index is 6.69. The van der Waals surface area contributed by atoms with Crippen molar-refractivity contribution >= 4 is 71.7 Å². The fourth-order valence-corrected chi connectivity index (χ4v) is 7.48.